The molecule has 0 aromatic carbocycles. The van der Waals surface area contributed by atoms with Crippen LogP contribution in [0.1, 0.15) is 20.8 Å². The lowest BCUT2D eigenvalue weighted by molar-refractivity contribution is -0.139. The van der Waals surface area contributed by atoms with E-state index in [9.17, 15) is 0 Å². The van der Waals surface area contributed by atoms with Gasteiger partial charge in [0, 0.05) is 13.1 Å². The van der Waals surface area contributed by atoms with E-state index in [4.69, 9.17) is 14.2 Å². The predicted octanol–water partition coefficient (Wildman–Crippen LogP) is 0.901. The second-order valence-corrected chi connectivity index (χ2v) is 5.60. The fraction of sp³-hybridized carbons (Fsp3) is 1.00. The molecular weight excluding hydrogens is 206 g/mol. The van der Waals surface area contributed by atoms with Crippen molar-refractivity contribution in [3.63, 3.8) is 0 Å². The molecule has 2 rings (SSSR count). The summed E-state index contributed by atoms with van der Waals surface area (Å²) in [4.78, 5) is 2.46. The zero-order valence-electron chi connectivity index (χ0n) is 10.6. The van der Waals surface area contributed by atoms with E-state index in [1.165, 1.54) is 0 Å². The Morgan fingerprint density at radius 2 is 2.06 bits per heavy atom. The van der Waals surface area contributed by atoms with E-state index in [2.05, 4.69) is 25.7 Å². The van der Waals surface area contributed by atoms with Gasteiger partial charge in [-0.15, -0.1) is 0 Å². The van der Waals surface area contributed by atoms with Gasteiger partial charge in [0.15, 0.2) is 0 Å². The third kappa shape index (κ3) is 3.42. The number of ether oxygens (including phenoxy) is 3. The van der Waals surface area contributed by atoms with Crippen LogP contribution in [-0.2, 0) is 14.2 Å². The van der Waals surface area contributed by atoms with E-state index in [1.54, 1.807) is 0 Å². The molecule has 0 radical (unpaired) electrons. The third-order valence-corrected chi connectivity index (χ3v) is 3.01. The molecule has 16 heavy (non-hydrogen) atoms. The van der Waals surface area contributed by atoms with Crippen LogP contribution < -0.4 is 0 Å². The molecule has 0 saturated carbocycles. The van der Waals surface area contributed by atoms with Crippen LogP contribution in [0.3, 0.4) is 0 Å². The maximum atomic E-state index is 5.77. The Labute approximate surface area is 97.8 Å². The monoisotopic (exact) mass is 229 g/mol. The second kappa shape index (κ2) is 5.00. The van der Waals surface area contributed by atoms with Crippen molar-refractivity contribution in [1.82, 2.24) is 4.90 Å². The molecule has 0 aromatic heterocycles. The van der Waals surface area contributed by atoms with Crippen LogP contribution >= 0.6 is 0 Å². The Balaban J connectivity index is 1.73. The molecule has 2 heterocycles. The quantitative estimate of drug-likeness (QED) is 0.719. The van der Waals surface area contributed by atoms with E-state index in [0.29, 0.717) is 12.6 Å². The average molecular weight is 229 g/mol. The first-order valence-electron chi connectivity index (χ1n) is 6.12. The van der Waals surface area contributed by atoms with Crippen molar-refractivity contribution < 1.29 is 14.2 Å². The molecule has 0 aliphatic carbocycles. The van der Waals surface area contributed by atoms with Gasteiger partial charge in [0.2, 0.25) is 0 Å². The first-order valence-corrected chi connectivity index (χ1v) is 6.12. The summed E-state index contributed by atoms with van der Waals surface area (Å²) in [6.07, 6.45) is 0.216. The van der Waals surface area contributed by atoms with Gasteiger partial charge in [-0.3, -0.25) is 4.90 Å². The molecule has 4 nitrogen and oxygen atoms in total. The van der Waals surface area contributed by atoms with Gasteiger partial charge in [0.25, 0.3) is 0 Å². The highest BCUT2D eigenvalue weighted by molar-refractivity contribution is 4.82. The zero-order chi connectivity index (χ0) is 11.6. The molecule has 4 heteroatoms. The van der Waals surface area contributed by atoms with E-state index < -0.39 is 0 Å². The van der Waals surface area contributed by atoms with Crippen LogP contribution in [0, 0.1) is 0 Å². The molecule has 1 atom stereocenters. The molecule has 2 aliphatic heterocycles. The Bertz CT molecular complexity index is 223. The van der Waals surface area contributed by atoms with Gasteiger partial charge in [0.1, 0.15) is 0 Å². The van der Waals surface area contributed by atoms with Gasteiger partial charge < -0.3 is 14.2 Å². The number of hydrogen-bond acceptors (Lipinski definition) is 4. The summed E-state index contributed by atoms with van der Waals surface area (Å²) < 4.78 is 16.7. The molecule has 0 amide bonds. The first kappa shape index (κ1) is 12.3. The van der Waals surface area contributed by atoms with Crippen LogP contribution in [0.5, 0.6) is 0 Å². The van der Waals surface area contributed by atoms with Crippen molar-refractivity contribution in [1.29, 1.82) is 0 Å². The van der Waals surface area contributed by atoms with Crippen LogP contribution in [0.25, 0.3) is 0 Å². The molecule has 0 aromatic rings. The van der Waals surface area contributed by atoms with E-state index in [1.807, 2.05) is 0 Å². The molecule has 2 aliphatic rings. The standard InChI is InChI=1S/C12H23NO3/c1-12(2,3)16-9-11-6-13(4-5-15-11)10-7-14-8-10/h10-11H,4-9H2,1-3H3. The number of rotatable bonds is 3. The van der Waals surface area contributed by atoms with Gasteiger partial charge >= 0.3 is 0 Å². The van der Waals surface area contributed by atoms with Crippen molar-refractivity contribution in [2.45, 2.75) is 38.5 Å². The van der Waals surface area contributed by atoms with Crippen molar-refractivity contribution in [2.75, 3.05) is 39.5 Å². The zero-order valence-corrected chi connectivity index (χ0v) is 10.6. The van der Waals surface area contributed by atoms with E-state index in [-0.39, 0.29) is 11.7 Å². The van der Waals surface area contributed by atoms with Gasteiger partial charge in [-0.1, -0.05) is 0 Å². The fourth-order valence-electron chi connectivity index (χ4n) is 1.95. The van der Waals surface area contributed by atoms with Crippen LogP contribution in [0.2, 0.25) is 0 Å². The summed E-state index contributed by atoms with van der Waals surface area (Å²) in [6.45, 7) is 11.5. The summed E-state index contributed by atoms with van der Waals surface area (Å²) in [7, 11) is 0. The summed E-state index contributed by atoms with van der Waals surface area (Å²) in [5.41, 5.74) is -0.0782. The van der Waals surface area contributed by atoms with Crippen LogP contribution in [0.4, 0.5) is 0 Å². The van der Waals surface area contributed by atoms with Crippen LogP contribution in [-0.4, -0.2) is 62.2 Å². The minimum Gasteiger partial charge on any atom is -0.378 e. The highest BCUT2D eigenvalue weighted by Gasteiger charge is 2.31. The lowest BCUT2D eigenvalue weighted by Gasteiger charge is -2.42. The van der Waals surface area contributed by atoms with Crippen molar-refractivity contribution in [3.05, 3.63) is 0 Å². The number of morpholine rings is 1. The highest BCUT2D eigenvalue weighted by Crippen LogP contribution is 2.16. The lowest BCUT2D eigenvalue weighted by Crippen LogP contribution is -2.56. The van der Waals surface area contributed by atoms with Crippen molar-refractivity contribution in [3.8, 4) is 0 Å². The van der Waals surface area contributed by atoms with Crippen molar-refractivity contribution in [2.24, 2.45) is 0 Å². The van der Waals surface area contributed by atoms with Gasteiger partial charge in [-0.2, -0.15) is 0 Å². The SMILES string of the molecule is CC(C)(C)OCC1CN(C2COC2)CCO1. The predicted molar refractivity (Wildman–Crippen MR) is 61.6 cm³/mol. The second-order valence-electron chi connectivity index (χ2n) is 5.60. The molecule has 2 saturated heterocycles. The summed E-state index contributed by atoms with van der Waals surface area (Å²) in [6, 6.07) is 0.612. The summed E-state index contributed by atoms with van der Waals surface area (Å²) >= 11 is 0. The fourth-order valence-corrected chi connectivity index (χ4v) is 1.95. The van der Waals surface area contributed by atoms with Crippen molar-refractivity contribution >= 4 is 0 Å². The third-order valence-electron chi connectivity index (χ3n) is 3.01. The molecule has 94 valence electrons. The average Bonchev–Trinajstić information content (AvgIpc) is 2.12. The molecule has 2 fully saturated rings. The minimum atomic E-state index is -0.0782. The number of hydrogen-bond donors (Lipinski definition) is 0. The maximum absolute atomic E-state index is 5.77. The Hall–Kier alpha value is -0.160. The Kier molecular flexibility index (Phi) is 3.85. The molecule has 0 spiro atoms. The lowest BCUT2D eigenvalue weighted by atomic mass is 10.1. The maximum Gasteiger partial charge on any atom is 0.0936 e. The van der Waals surface area contributed by atoms with Gasteiger partial charge in [-0.25, -0.2) is 0 Å². The van der Waals surface area contributed by atoms with Gasteiger partial charge in [0.05, 0.1) is 44.2 Å². The highest BCUT2D eigenvalue weighted by atomic mass is 16.5. The van der Waals surface area contributed by atoms with Crippen LogP contribution in [0.15, 0.2) is 0 Å². The number of nitrogens with zero attached hydrogens (tertiary/aromatic N) is 1. The summed E-state index contributed by atoms with van der Waals surface area (Å²) in [5, 5.41) is 0. The van der Waals surface area contributed by atoms with E-state index >= 15 is 0 Å². The Morgan fingerprint density at radius 1 is 1.31 bits per heavy atom. The summed E-state index contributed by atoms with van der Waals surface area (Å²) in [5.74, 6) is 0. The normalized spacial score (nSPS) is 29.1. The minimum absolute atomic E-state index is 0.0782. The first-order chi connectivity index (χ1) is 7.54. The molecular formula is C12H23NO3. The molecule has 0 N–H and O–H groups in total. The largest absolute Gasteiger partial charge is 0.378 e. The van der Waals surface area contributed by atoms with Gasteiger partial charge in [-0.05, 0) is 20.8 Å². The molecule has 0 bridgehead atoms. The smallest absolute Gasteiger partial charge is 0.0936 e. The van der Waals surface area contributed by atoms with E-state index in [0.717, 1.165) is 32.9 Å². The molecule has 1 unspecified atom stereocenters. The topological polar surface area (TPSA) is 30.9 Å². The Morgan fingerprint density at radius 3 is 2.62 bits per heavy atom.